The van der Waals surface area contributed by atoms with Crippen molar-refractivity contribution in [2.24, 2.45) is 0 Å². The molecule has 0 spiro atoms. The Labute approximate surface area is 80.5 Å². The maximum atomic E-state index is 3.21. The molecule has 0 aromatic heterocycles. The summed E-state index contributed by atoms with van der Waals surface area (Å²) >= 11 is 0. The second-order valence-corrected chi connectivity index (χ2v) is 4.20. The molecule has 13 heavy (non-hydrogen) atoms. The molecule has 0 saturated heterocycles. The Morgan fingerprint density at radius 3 is 1.85 bits per heavy atom. The summed E-state index contributed by atoms with van der Waals surface area (Å²) in [6, 6.07) is 0. The molecule has 0 amide bonds. The highest BCUT2D eigenvalue weighted by Crippen LogP contribution is 2.21. The molecule has 0 saturated carbocycles. The van der Waals surface area contributed by atoms with Gasteiger partial charge in [-0.25, -0.2) is 0 Å². The predicted molar refractivity (Wildman–Crippen MR) is 59.5 cm³/mol. The molecule has 2 aliphatic rings. The van der Waals surface area contributed by atoms with E-state index in [1.807, 2.05) is 12.2 Å². The molecule has 2 rings (SSSR count). The minimum Gasteiger partial charge on any atom is -0.117 e. The highest BCUT2D eigenvalue weighted by atomic mass is 31.1. The van der Waals surface area contributed by atoms with E-state index in [-0.39, 0.29) is 0 Å². The van der Waals surface area contributed by atoms with Gasteiger partial charge in [0.1, 0.15) is 0 Å². The summed E-state index contributed by atoms with van der Waals surface area (Å²) in [7, 11) is 0.959. The van der Waals surface area contributed by atoms with Gasteiger partial charge in [0.15, 0.2) is 0 Å². The topological polar surface area (TPSA) is 0 Å². The van der Waals surface area contributed by atoms with E-state index in [4.69, 9.17) is 0 Å². The SMILES string of the molecule is C1=CC=CC=1CPCC1=C=CC=C1. The number of hydrogen-bond acceptors (Lipinski definition) is 0. The molecule has 0 aliphatic heterocycles. The molecular formula is C12H11P. The van der Waals surface area contributed by atoms with Crippen LogP contribution in [0.1, 0.15) is 0 Å². The molecule has 0 unspecified atom stereocenters. The number of rotatable bonds is 4. The monoisotopic (exact) mass is 186 g/mol. The Balaban J connectivity index is 1.75. The Morgan fingerprint density at radius 1 is 0.923 bits per heavy atom. The summed E-state index contributed by atoms with van der Waals surface area (Å²) in [5, 5.41) is 0. The lowest BCUT2D eigenvalue weighted by atomic mass is 10.3. The molecule has 1 heteroatoms. The first-order chi connectivity index (χ1) is 6.45. The van der Waals surface area contributed by atoms with Gasteiger partial charge in [-0.3, -0.25) is 0 Å². The van der Waals surface area contributed by atoms with E-state index in [1.165, 1.54) is 11.1 Å². The van der Waals surface area contributed by atoms with Crippen LogP contribution in [0.2, 0.25) is 0 Å². The van der Waals surface area contributed by atoms with Gasteiger partial charge in [-0.05, 0) is 35.6 Å². The van der Waals surface area contributed by atoms with Crippen molar-refractivity contribution in [1.82, 2.24) is 0 Å². The molecule has 0 radical (unpaired) electrons. The summed E-state index contributed by atoms with van der Waals surface area (Å²) in [5.74, 6) is 0. The second kappa shape index (κ2) is 4.26. The van der Waals surface area contributed by atoms with Crippen molar-refractivity contribution < 1.29 is 0 Å². The van der Waals surface area contributed by atoms with Crippen LogP contribution < -0.4 is 0 Å². The first kappa shape index (κ1) is 8.54. The molecule has 0 atom stereocenters. The van der Waals surface area contributed by atoms with Crippen LogP contribution in [-0.2, 0) is 0 Å². The number of hydrogen-bond donors (Lipinski definition) is 0. The van der Waals surface area contributed by atoms with E-state index in [0.29, 0.717) is 0 Å². The smallest absolute Gasteiger partial charge is 0.00196 e. The Bertz CT molecular complexity index is 343. The van der Waals surface area contributed by atoms with Crippen LogP contribution in [0.4, 0.5) is 0 Å². The van der Waals surface area contributed by atoms with Gasteiger partial charge in [0.05, 0.1) is 0 Å². The van der Waals surface area contributed by atoms with Crippen LogP contribution in [0.25, 0.3) is 0 Å². The molecule has 0 bridgehead atoms. The lowest BCUT2D eigenvalue weighted by Gasteiger charge is -1.98. The van der Waals surface area contributed by atoms with Crippen LogP contribution in [0.3, 0.4) is 0 Å². The minimum atomic E-state index is 0.959. The van der Waals surface area contributed by atoms with Gasteiger partial charge < -0.3 is 0 Å². The standard InChI is InChI=1S/C12H11P/c1-2-6-11(5-1)9-13-10-12-7-3-4-8-12/h1-5,7,13H,9-10H2. The van der Waals surface area contributed by atoms with E-state index < -0.39 is 0 Å². The van der Waals surface area contributed by atoms with Crippen molar-refractivity contribution in [2.75, 3.05) is 12.3 Å². The van der Waals surface area contributed by atoms with Crippen molar-refractivity contribution in [2.45, 2.75) is 0 Å². The summed E-state index contributed by atoms with van der Waals surface area (Å²) < 4.78 is 0. The average molecular weight is 186 g/mol. The summed E-state index contributed by atoms with van der Waals surface area (Å²) in [4.78, 5) is 0. The zero-order valence-corrected chi connectivity index (χ0v) is 8.38. The van der Waals surface area contributed by atoms with Gasteiger partial charge in [-0.2, -0.15) is 0 Å². The fourth-order valence-electron chi connectivity index (χ4n) is 1.29. The van der Waals surface area contributed by atoms with E-state index in [2.05, 4.69) is 35.8 Å². The molecule has 0 nitrogen and oxygen atoms in total. The molecule has 0 N–H and O–H groups in total. The van der Waals surface area contributed by atoms with Gasteiger partial charge in [-0.15, -0.1) is 20.0 Å². The zero-order valence-electron chi connectivity index (χ0n) is 7.38. The molecule has 2 aliphatic carbocycles. The number of allylic oxidation sites excluding steroid dienone is 6. The lowest BCUT2D eigenvalue weighted by molar-refractivity contribution is 1.52. The third-order valence-corrected chi connectivity index (χ3v) is 3.22. The summed E-state index contributed by atoms with van der Waals surface area (Å²) in [6.45, 7) is 0. The van der Waals surface area contributed by atoms with Gasteiger partial charge in [0.25, 0.3) is 0 Å². The van der Waals surface area contributed by atoms with Crippen molar-refractivity contribution in [3.8, 4) is 0 Å². The summed E-state index contributed by atoms with van der Waals surface area (Å²) in [6.07, 6.45) is 14.7. The Kier molecular flexibility index (Phi) is 2.80. The molecule has 0 fully saturated rings. The van der Waals surface area contributed by atoms with Crippen LogP contribution in [0, 0.1) is 0 Å². The van der Waals surface area contributed by atoms with Gasteiger partial charge in [0, 0.05) is 0 Å². The largest absolute Gasteiger partial charge is 0.117 e. The van der Waals surface area contributed by atoms with Crippen molar-refractivity contribution >= 4 is 8.58 Å². The molecule has 0 aromatic carbocycles. The molecule has 0 aromatic rings. The maximum absolute atomic E-state index is 3.21. The Morgan fingerprint density at radius 2 is 1.46 bits per heavy atom. The summed E-state index contributed by atoms with van der Waals surface area (Å²) in [5.41, 5.74) is 9.10. The van der Waals surface area contributed by atoms with Crippen LogP contribution >= 0.6 is 8.58 Å². The molecule has 64 valence electrons. The minimum absolute atomic E-state index is 0.959. The molecule has 0 heterocycles. The van der Waals surface area contributed by atoms with Crippen molar-refractivity contribution in [1.29, 1.82) is 0 Å². The van der Waals surface area contributed by atoms with E-state index >= 15 is 0 Å². The van der Waals surface area contributed by atoms with Gasteiger partial charge >= 0.3 is 0 Å². The first-order valence-corrected chi connectivity index (χ1v) is 5.82. The molecular weight excluding hydrogens is 175 g/mol. The van der Waals surface area contributed by atoms with E-state index in [1.54, 1.807) is 0 Å². The maximum Gasteiger partial charge on any atom is -0.00196 e. The zero-order chi connectivity index (χ0) is 8.93. The lowest BCUT2D eigenvalue weighted by Crippen LogP contribution is -1.82. The first-order valence-electron chi connectivity index (χ1n) is 4.40. The van der Waals surface area contributed by atoms with Gasteiger partial charge in [0.2, 0.25) is 0 Å². The van der Waals surface area contributed by atoms with Gasteiger partial charge in [-0.1, -0.05) is 24.3 Å². The highest BCUT2D eigenvalue weighted by molar-refractivity contribution is 7.38. The van der Waals surface area contributed by atoms with Crippen LogP contribution in [0.5, 0.6) is 0 Å². The van der Waals surface area contributed by atoms with Crippen molar-refractivity contribution in [3.05, 3.63) is 59.1 Å². The third kappa shape index (κ3) is 2.44. The quantitative estimate of drug-likeness (QED) is 0.467. The fourth-order valence-corrected chi connectivity index (χ4v) is 2.39. The Hall–Kier alpha value is -1.05. The van der Waals surface area contributed by atoms with E-state index in [9.17, 15) is 0 Å². The van der Waals surface area contributed by atoms with Crippen LogP contribution in [0.15, 0.2) is 59.1 Å². The third-order valence-electron chi connectivity index (χ3n) is 1.96. The second-order valence-electron chi connectivity index (χ2n) is 2.99. The normalized spacial score (nSPS) is 16.9. The van der Waals surface area contributed by atoms with Crippen molar-refractivity contribution in [3.63, 3.8) is 0 Å². The highest BCUT2D eigenvalue weighted by Gasteiger charge is 1.97. The predicted octanol–water partition coefficient (Wildman–Crippen LogP) is 2.97. The van der Waals surface area contributed by atoms with Crippen LogP contribution in [-0.4, -0.2) is 12.3 Å². The average Bonchev–Trinajstić information content (AvgIpc) is 2.75. The van der Waals surface area contributed by atoms with E-state index in [0.717, 1.165) is 20.9 Å². The fraction of sp³-hybridized carbons (Fsp3) is 0.167.